The van der Waals surface area contributed by atoms with Gasteiger partial charge in [-0.2, -0.15) is 0 Å². The Morgan fingerprint density at radius 3 is 2.05 bits per heavy atom. The average molecular weight is 279 g/mol. The molecule has 0 aliphatic carbocycles. The number of piperidine rings is 1. The molecule has 0 aromatic carbocycles. The highest BCUT2D eigenvalue weighted by Crippen LogP contribution is 2.41. The van der Waals surface area contributed by atoms with Gasteiger partial charge in [0.1, 0.15) is 0 Å². The molecule has 0 aromatic rings. The van der Waals surface area contributed by atoms with E-state index in [0.717, 1.165) is 6.54 Å². The van der Waals surface area contributed by atoms with Crippen LogP contribution >= 0.6 is 0 Å². The summed E-state index contributed by atoms with van der Waals surface area (Å²) in [6.07, 6.45) is 4.87. The molecule has 2 fully saturated rings. The first-order valence-corrected chi connectivity index (χ1v) is 8.17. The third-order valence-electron chi connectivity index (χ3n) is 5.17. The Hall–Kier alpha value is -0.315. The summed E-state index contributed by atoms with van der Waals surface area (Å²) in [5, 5.41) is 0. The van der Waals surface area contributed by atoms with Gasteiger partial charge in [0.05, 0.1) is 11.2 Å². The van der Waals surface area contributed by atoms with Gasteiger partial charge in [-0.1, -0.05) is 19.9 Å². The van der Waals surface area contributed by atoms with Gasteiger partial charge < -0.3 is 9.31 Å². The first-order chi connectivity index (χ1) is 9.39. The Morgan fingerprint density at radius 2 is 1.55 bits per heavy atom. The summed E-state index contributed by atoms with van der Waals surface area (Å²) in [6, 6.07) is 0. The van der Waals surface area contributed by atoms with Crippen LogP contribution in [0.2, 0.25) is 0 Å². The molecule has 114 valence electrons. The second-order valence-corrected chi connectivity index (χ2v) is 6.87. The molecule has 4 aliphatic rings. The number of rotatable bonds is 1. The Balaban J connectivity index is 0.000000704. The maximum Gasteiger partial charge on any atom is 0.490 e. The minimum atomic E-state index is -0.219. The predicted molar refractivity (Wildman–Crippen MR) is 84.7 cm³/mol. The summed E-state index contributed by atoms with van der Waals surface area (Å²) < 4.78 is 12.4. The van der Waals surface area contributed by atoms with E-state index in [0.29, 0.717) is 5.92 Å². The van der Waals surface area contributed by atoms with Crippen LogP contribution in [0.4, 0.5) is 0 Å². The summed E-state index contributed by atoms with van der Waals surface area (Å²) in [5.74, 6) is 0.665. The fourth-order valence-electron chi connectivity index (χ4n) is 3.12. The van der Waals surface area contributed by atoms with E-state index in [9.17, 15) is 0 Å². The maximum atomic E-state index is 6.20. The van der Waals surface area contributed by atoms with Crippen LogP contribution in [0.5, 0.6) is 0 Å². The van der Waals surface area contributed by atoms with Gasteiger partial charge in [0.2, 0.25) is 0 Å². The molecule has 0 spiro atoms. The molecule has 0 radical (unpaired) electrons. The second kappa shape index (κ2) is 5.82. The molecule has 0 amide bonds. The summed E-state index contributed by atoms with van der Waals surface area (Å²) in [6.45, 7) is 16.0. The molecule has 20 heavy (non-hydrogen) atoms. The van der Waals surface area contributed by atoms with E-state index >= 15 is 0 Å². The monoisotopic (exact) mass is 279 g/mol. The SMILES string of the molecule is CC.CC1(C)OB(C2=CCN3CCC2CC3)OC1(C)C. The third kappa shape index (κ3) is 2.83. The fraction of sp³-hybridized carbons (Fsp3) is 0.875. The molecule has 4 rings (SSSR count). The van der Waals surface area contributed by atoms with E-state index in [-0.39, 0.29) is 18.3 Å². The highest BCUT2D eigenvalue weighted by Gasteiger charge is 2.53. The van der Waals surface area contributed by atoms with Gasteiger partial charge in [0, 0.05) is 6.54 Å². The minimum Gasteiger partial charge on any atom is -0.400 e. The van der Waals surface area contributed by atoms with Crippen molar-refractivity contribution in [1.82, 2.24) is 4.90 Å². The zero-order chi connectivity index (χ0) is 15.0. The number of hydrogen-bond acceptors (Lipinski definition) is 3. The molecule has 2 saturated heterocycles. The van der Waals surface area contributed by atoms with E-state index in [1.165, 1.54) is 31.4 Å². The molecule has 0 aromatic heterocycles. The van der Waals surface area contributed by atoms with Crippen molar-refractivity contribution in [2.75, 3.05) is 19.6 Å². The molecule has 2 bridgehead atoms. The van der Waals surface area contributed by atoms with Crippen molar-refractivity contribution in [3.8, 4) is 0 Å². The number of hydrogen-bond donors (Lipinski definition) is 0. The first kappa shape index (κ1) is 16.1. The van der Waals surface area contributed by atoms with Crippen LogP contribution < -0.4 is 0 Å². The van der Waals surface area contributed by atoms with Crippen molar-refractivity contribution in [3.05, 3.63) is 11.5 Å². The predicted octanol–water partition coefficient (Wildman–Crippen LogP) is 3.30. The van der Waals surface area contributed by atoms with Crippen LogP contribution in [0.25, 0.3) is 0 Å². The number of nitrogens with zero attached hydrogens (tertiary/aromatic N) is 1. The van der Waals surface area contributed by atoms with E-state index < -0.39 is 0 Å². The van der Waals surface area contributed by atoms with E-state index in [2.05, 4.69) is 38.7 Å². The van der Waals surface area contributed by atoms with Crippen LogP contribution in [0.1, 0.15) is 54.4 Å². The van der Waals surface area contributed by atoms with E-state index in [1.54, 1.807) is 0 Å². The minimum absolute atomic E-state index is 0.127. The maximum absolute atomic E-state index is 6.20. The van der Waals surface area contributed by atoms with E-state index in [4.69, 9.17) is 9.31 Å². The van der Waals surface area contributed by atoms with Crippen LogP contribution in [-0.2, 0) is 9.31 Å². The molecule has 0 saturated carbocycles. The van der Waals surface area contributed by atoms with Crippen LogP contribution in [0.15, 0.2) is 11.5 Å². The van der Waals surface area contributed by atoms with Gasteiger partial charge in [0.15, 0.2) is 0 Å². The molecule has 0 unspecified atom stereocenters. The van der Waals surface area contributed by atoms with Gasteiger partial charge in [-0.15, -0.1) is 0 Å². The lowest BCUT2D eigenvalue weighted by Gasteiger charge is -2.32. The number of allylic oxidation sites excluding steroid dienone is 1. The summed E-state index contributed by atoms with van der Waals surface area (Å²) in [7, 11) is -0.127. The van der Waals surface area contributed by atoms with Crippen molar-refractivity contribution in [1.29, 1.82) is 0 Å². The van der Waals surface area contributed by atoms with Gasteiger partial charge in [-0.05, 0) is 65.0 Å². The summed E-state index contributed by atoms with van der Waals surface area (Å²) in [5.41, 5.74) is 0.959. The Kier molecular flexibility index (Phi) is 4.67. The van der Waals surface area contributed by atoms with Crippen LogP contribution in [-0.4, -0.2) is 42.9 Å². The standard InChI is InChI=1S/C14H24BNO2.C2H6/c1-13(2)14(3,4)18-15(17-13)12-7-10-16-8-5-11(12)6-9-16;1-2/h7,11H,5-6,8-10H2,1-4H3;1-2H3. The highest BCUT2D eigenvalue weighted by molar-refractivity contribution is 6.54. The number of fused-ring (bicyclic) bond motifs is 3. The van der Waals surface area contributed by atoms with Crippen LogP contribution in [0.3, 0.4) is 0 Å². The second-order valence-electron chi connectivity index (χ2n) is 6.87. The van der Waals surface area contributed by atoms with Gasteiger partial charge in [-0.25, -0.2) is 0 Å². The lowest BCUT2D eigenvalue weighted by Crippen LogP contribution is -2.41. The zero-order valence-corrected chi connectivity index (χ0v) is 14.0. The molecule has 3 nitrogen and oxygen atoms in total. The average Bonchev–Trinajstić information content (AvgIpc) is 2.63. The quantitative estimate of drug-likeness (QED) is 0.687. The Labute approximate surface area is 124 Å². The van der Waals surface area contributed by atoms with Crippen molar-refractivity contribution in [3.63, 3.8) is 0 Å². The van der Waals surface area contributed by atoms with E-state index in [1.807, 2.05) is 13.8 Å². The first-order valence-electron chi connectivity index (χ1n) is 8.17. The third-order valence-corrected chi connectivity index (χ3v) is 5.17. The molecule has 4 heterocycles. The molecular formula is C16H30BNO2. The van der Waals surface area contributed by atoms with Crippen molar-refractivity contribution < 1.29 is 9.31 Å². The lowest BCUT2D eigenvalue weighted by atomic mass is 9.68. The van der Waals surface area contributed by atoms with Crippen molar-refractivity contribution >= 4 is 7.12 Å². The Bertz CT molecular complexity index is 355. The van der Waals surface area contributed by atoms with Crippen molar-refractivity contribution in [2.45, 2.75) is 65.6 Å². The molecule has 4 heteroatoms. The largest absolute Gasteiger partial charge is 0.490 e. The van der Waals surface area contributed by atoms with Gasteiger partial charge in [0.25, 0.3) is 0 Å². The fourth-order valence-corrected chi connectivity index (χ4v) is 3.12. The lowest BCUT2D eigenvalue weighted by molar-refractivity contribution is 0.00578. The topological polar surface area (TPSA) is 21.7 Å². The summed E-state index contributed by atoms with van der Waals surface area (Å²) in [4.78, 5) is 2.52. The van der Waals surface area contributed by atoms with Gasteiger partial charge >= 0.3 is 7.12 Å². The Morgan fingerprint density at radius 1 is 1.05 bits per heavy atom. The normalized spacial score (nSPS) is 34.1. The molecule has 0 atom stereocenters. The van der Waals surface area contributed by atoms with Gasteiger partial charge in [-0.3, -0.25) is 4.90 Å². The summed E-state index contributed by atoms with van der Waals surface area (Å²) >= 11 is 0. The molecular weight excluding hydrogens is 249 g/mol. The molecule has 4 aliphatic heterocycles. The van der Waals surface area contributed by atoms with Crippen molar-refractivity contribution in [2.24, 2.45) is 5.92 Å². The van der Waals surface area contributed by atoms with Crippen LogP contribution in [0, 0.1) is 5.92 Å². The highest BCUT2D eigenvalue weighted by atomic mass is 16.7. The smallest absolute Gasteiger partial charge is 0.400 e. The zero-order valence-electron chi connectivity index (χ0n) is 14.0. The molecule has 0 N–H and O–H groups in total.